The third kappa shape index (κ3) is 2.62. The maximum atomic E-state index is 10.2. The van der Waals surface area contributed by atoms with E-state index in [2.05, 4.69) is 25.6 Å². The molecule has 24 heavy (non-hydrogen) atoms. The Morgan fingerprint density at radius 3 is 2.83 bits per heavy atom. The van der Waals surface area contributed by atoms with Crippen LogP contribution in [-0.2, 0) is 0 Å². The molecule has 5 atom stereocenters. The van der Waals surface area contributed by atoms with E-state index in [4.69, 9.17) is 17.3 Å². The van der Waals surface area contributed by atoms with Gasteiger partial charge in [-0.05, 0) is 31.0 Å². The maximum absolute atomic E-state index is 10.2. The van der Waals surface area contributed by atoms with Crippen LogP contribution in [0, 0.1) is 0 Å². The molecule has 9 nitrogen and oxygen atoms in total. The molecule has 2 aromatic rings. The summed E-state index contributed by atoms with van der Waals surface area (Å²) >= 11 is 6.08. The second-order valence-corrected chi connectivity index (χ2v) is 6.79. The van der Waals surface area contributed by atoms with Crippen molar-refractivity contribution in [1.29, 1.82) is 0 Å². The molecule has 0 spiro atoms. The van der Waals surface area contributed by atoms with Crippen molar-refractivity contribution in [2.75, 3.05) is 18.4 Å². The molecule has 6 N–H and O–H groups in total. The zero-order valence-electron chi connectivity index (χ0n) is 12.9. The number of aromatic nitrogens is 4. The number of nitrogens with zero attached hydrogens (tertiary/aromatic N) is 4. The molecule has 3 heterocycles. The molecule has 1 saturated heterocycles. The van der Waals surface area contributed by atoms with Crippen LogP contribution in [0.15, 0.2) is 6.33 Å². The summed E-state index contributed by atoms with van der Waals surface area (Å²) in [5.74, 6) is 0.579. The van der Waals surface area contributed by atoms with Crippen molar-refractivity contribution in [1.82, 2.24) is 24.8 Å². The van der Waals surface area contributed by atoms with Gasteiger partial charge in [0.1, 0.15) is 6.10 Å². The molecule has 0 aromatic carbocycles. The lowest BCUT2D eigenvalue weighted by atomic mass is 10.2. The number of imidazole rings is 1. The van der Waals surface area contributed by atoms with Crippen molar-refractivity contribution in [3.05, 3.63) is 11.6 Å². The first-order valence-electron chi connectivity index (χ1n) is 8.03. The number of hydrogen-bond donors (Lipinski definition) is 5. The van der Waals surface area contributed by atoms with Crippen molar-refractivity contribution in [3.8, 4) is 0 Å². The van der Waals surface area contributed by atoms with E-state index >= 15 is 0 Å². The summed E-state index contributed by atoms with van der Waals surface area (Å²) in [6.07, 6.45) is 1.08. The quantitative estimate of drug-likeness (QED) is 0.455. The van der Waals surface area contributed by atoms with E-state index in [0.29, 0.717) is 23.4 Å². The van der Waals surface area contributed by atoms with Crippen molar-refractivity contribution < 1.29 is 10.2 Å². The minimum atomic E-state index is -0.971. The van der Waals surface area contributed by atoms with Crippen molar-refractivity contribution in [2.45, 2.75) is 43.2 Å². The van der Waals surface area contributed by atoms with E-state index in [9.17, 15) is 10.2 Å². The van der Waals surface area contributed by atoms with E-state index in [0.717, 1.165) is 19.5 Å². The van der Waals surface area contributed by atoms with Gasteiger partial charge < -0.3 is 31.1 Å². The first kappa shape index (κ1) is 16.0. The smallest absolute Gasteiger partial charge is 0.226 e. The lowest BCUT2D eigenvalue weighted by molar-refractivity contribution is 0.0187. The summed E-state index contributed by atoms with van der Waals surface area (Å²) in [6.45, 7) is 1.81. The molecule has 1 saturated carbocycles. The van der Waals surface area contributed by atoms with Crippen LogP contribution in [0.3, 0.4) is 0 Å². The van der Waals surface area contributed by atoms with Crippen LogP contribution in [0.25, 0.3) is 11.2 Å². The summed E-state index contributed by atoms with van der Waals surface area (Å²) in [7, 11) is 0. The van der Waals surface area contributed by atoms with Crippen LogP contribution in [0.2, 0.25) is 5.28 Å². The predicted molar refractivity (Wildman–Crippen MR) is 88.9 cm³/mol. The molecule has 4 rings (SSSR count). The van der Waals surface area contributed by atoms with Crippen molar-refractivity contribution in [2.24, 2.45) is 5.73 Å². The topological polar surface area (TPSA) is 134 Å². The number of nitrogens with one attached hydrogen (secondary N) is 2. The fourth-order valence-corrected chi connectivity index (χ4v) is 3.69. The highest BCUT2D eigenvalue weighted by Gasteiger charge is 2.41. The normalized spacial score (nSPS) is 33.4. The largest absolute Gasteiger partial charge is 0.389 e. The van der Waals surface area contributed by atoms with Gasteiger partial charge in [0.2, 0.25) is 5.28 Å². The molecular weight excluding hydrogens is 334 g/mol. The van der Waals surface area contributed by atoms with Gasteiger partial charge in [-0.15, -0.1) is 0 Å². The summed E-state index contributed by atoms with van der Waals surface area (Å²) < 4.78 is 1.72. The Morgan fingerprint density at radius 1 is 1.33 bits per heavy atom. The maximum Gasteiger partial charge on any atom is 0.226 e. The Kier molecular flexibility index (Phi) is 4.05. The average Bonchev–Trinajstić information content (AvgIpc) is 3.25. The van der Waals surface area contributed by atoms with Gasteiger partial charge in [0, 0.05) is 18.6 Å². The van der Waals surface area contributed by atoms with Crippen LogP contribution in [0.1, 0.15) is 18.9 Å². The average molecular weight is 354 g/mol. The van der Waals surface area contributed by atoms with Gasteiger partial charge in [0.25, 0.3) is 0 Å². The Hall–Kier alpha value is -1.52. The van der Waals surface area contributed by atoms with Crippen LogP contribution in [0.5, 0.6) is 0 Å². The highest BCUT2D eigenvalue weighted by Crippen LogP contribution is 2.33. The number of fused-ring (bicyclic) bond motifs is 1. The minimum Gasteiger partial charge on any atom is -0.389 e. The van der Waals surface area contributed by atoms with Crippen LogP contribution >= 0.6 is 11.6 Å². The summed E-state index contributed by atoms with van der Waals surface area (Å²) in [6, 6.07) is -0.620. The lowest BCUT2D eigenvalue weighted by Crippen LogP contribution is -2.35. The predicted octanol–water partition coefficient (Wildman–Crippen LogP) is -0.753. The van der Waals surface area contributed by atoms with Crippen LogP contribution in [-0.4, -0.2) is 67.1 Å². The molecule has 2 aromatic heterocycles. The van der Waals surface area contributed by atoms with E-state index < -0.39 is 24.3 Å². The first-order valence-corrected chi connectivity index (χ1v) is 8.41. The Morgan fingerprint density at radius 2 is 2.17 bits per heavy atom. The van der Waals surface area contributed by atoms with E-state index in [-0.39, 0.29) is 11.3 Å². The molecule has 2 aliphatic rings. The van der Waals surface area contributed by atoms with Crippen molar-refractivity contribution >= 4 is 28.6 Å². The number of halogens is 1. The summed E-state index contributed by atoms with van der Waals surface area (Å²) in [5, 5.41) is 26.9. The Labute approximate surface area is 143 Å². The molecule has 0 radical (unpaired) electrons. The number of rotatable bonds is 3. The first-order chi connectivity index (χ1) is 11.5. The third-order valence-electron chi connectivity index (χ3n) is 4.85. The van der Waals surface area contributed by atoms with Gasteiger partial charge in [0.15, 0.2) is 17.0 Å². The van der Waals surface area contributed by atoms with E-state index in [1.807, 2.05) is 0 Å². The van der Waals surface area contributed by atoms with Crippen LogP contribution < -0.4 is 16.4 Å². The van der Waals surface area contributed by atoms with Gasteiger partial charge >= 0.3 is 0 Å². The van der Waals surface area contributed by atoms with Gasteiger partial charge in [-0.25, -0.2) is 4.98 Å². The standard InChI is InChI=1S/C14H20ClN7O2/c15-14-20-12(19-6-1-2-17-4-6)9-13(21-14)22(5-18-9)8-3-7(16)10(23)11(8)24/h5-8,10-11,17,23-24H,1-4,16H2,(H,19,20,21)/t6?,7-,8+,10?,11?/m0/s1. The second kappa shape index (κ2) is 6.08. The van der Waals surface area contributed by atoms with Crippen molar-refractivity contribution in [3.63, 3.8) is 0 Å². The Balaban J connectivity index is 1.72. The highest BCUT2D eigenvalue weighted by molar-refractivity contribution is 6.28. The Bertz CT molecular complexity index is 748. The number of nitrogens with two attached hydrogens (primary N) is 1. The molecule has 0 amide bonds. The number of aliphatic hydroxyl groups is 2. The molecular formula is C14H20ClN7O2. The number of aliphatic hydroxyl groups excluding tert-OH is 2. The molecule has 3 unspecified atom stereocenters. The molecule has 10 heteroatoms. The highest BCUT2D eigenvalue weighted by atomic mass is 35.5. The monoisotopic (exact) mass is 353 g/mol. The molecule has 1 aliphatic carbocycles. The zero-order valence-corrected chi connectivity index (χ0v) is 13.7. The van der Waals surface area contributed by atoms with Gasteiger partial charge in [-0.2, -0.15) is 9.97 Å². The van der Waals surface area contributed by atoms with Gasteiger partial charge in [-0.1, -0.05) is 0 Å². The number of hydrogen-bond acceptors (Lipinski definition) is 8. The molecule has 130 valence electrons. The molecule has 0 bridgehead atoms. The van der Waals surface area contributed by atoms with Gasteiger partial charge in [0.05, 0.1) is 18.5 Å². The number of anilines is 1. The summed E-state index contributed by atoms with van der Waals surface area (Å²) in [5.41, 5.74) is 6.97. The van der Waals surface area contributed by atoms with Gasteiger partial charge in [-0.3, -0.25) is 0 Å². The van der Waals surface area contributed by atoms with E-state index in [1.165, 1.54) is 0 Å². The molecule has 1 aliphatic heterocycles. The SMILES string of the molecule is N[C@H]1C[C@@H](n2cnc3c(NC4CCNC4)nc(Cl)nc32)C(O)C1O. The van der Waals surface area contributed by atoms with Crippen LogP contribution in [0.4, 0.5) is 5.82 Å². The second-order valence-electron chi connectivity index (χ2n) is 6.45. The fourth-order valence-electron chi connectivity index (χ4n) is 3.52. The third-order valence-corrected chi connectivity index (χ3v) is 5.02. The summed E-state index contributed by atoms with van der Waals surface area (Å²) in [4.78, 5) is 12.9. The minimum absolute atomic E-state index is 0.107. The fraction of sp³-hybridized carbons (Fsp3) is 0.643. The zero-order chi connectivity index (χ0) is 16.8. The lowest BCUT2D eigenvalue weighted by Gasteiger charge is -2.18. The van der Waals surface area contributed by atoms with E-state index in [1.54, 1.807) is 10.9 Å². The molecule has 2 fully saturated rings.